The molecule has 0 amide bonds. The van der Waals surface area contributed by atoms with Crippen LogP contribution in [0.25, 0.3) is 0 Å². The van der Waals surface area contributed by atoms with Gasteiger partial charge in [-0.25, -0.2) is 0 Å². The fraction of sp³-hybridized carbons (Fsp3) is 0.714. The summed E-state index contributed by atoms with van der Waals surface area (Å²) in [4.78, 5) is 0. The van der Waals surface area contributed by atoms with Gasteiger partial charge in [0.1, 0.15) is 11.7 Å². The van der Waals surface area contributed by atoms with Crippen molar-refractivity contribution in [1.29, 1.82) is 0 Å². The standard InChI is InChI=1S/C14H25BrO2Si/c1-10-8-12(16)14(5,9-11(10)15)17-18(6,7)13(2,3)4/h8-9,12,16H,1-7H3. The Labute approximate surface area is 120 Å². The average Bonchev–Trinajstić information content (AvgIpc) is 2.12. The average molecular weight is 333 g/mol. The first-order valence-corrected chi connectivity index (χ1v) is 10.0. The smallest absolute Gasteiger partial charge is 0.193 e. The zero-order valence-corrected chi connectivity index (χ0v) is 15.1. The van der Waals surface area contributed by atoms with Crippen LogP contribution in [0.3, 0.4) is 0 Å². The van der Waals surface area contributed by atoms with Crippen molar-refractivity contribution >= 4 is 24.2 Å². The van der Waals surface area contributed by atoms with Crippen LogP contribution >= 0.6 is 15.9 Å². The molecule has 0 bridgehead atoms. The first-order valence-electron chi connectivity index (χ1n) is 6.34. The van der Waals surface area contributed by atoms with Crippen LogP contribution in [0.5, 0.6) is 0 Å². The molecule has 0 radical (unpaired) electrons. The molecule has 0 saturated carbocycles. The summed E-state index contributed by atoms with van der Waals surface area (Å²) in [6.07, 6.45) is 3.26. The predicted octanol–water partition coefficient (Wildman–Crippen LogP) is 4.37. The van der Waals surface area contributed by atoms with Crippen molar-refractivity contribution in [2.75, 3.05) is 0 Å². The van der Waals surface area contributed by atoms with Gasteiger partial charge in [0.2, 0.25) is 0 Å². The molecule has 2 unspecified atom stereocenters. The van der Waals surface area contributed by atoms with Crippen molar-refractivity contribution in [3.05, 3.63) is 22.2 Å². The van der Waals surface area contributed by atoms with Gasteiger partial charge in [-0.05, 0) is 49.7 Å². The molecular weight excluding hydrogens is 308 g/mol. The molecule has 0 aromatic heterocycles. The molecule has 0 saturated heterocycles. The zero-order valence-electron chi connectivity index (χ0n) is 12.5. The van der Waals surface area contributed by atoms with E-state index in [0.29, 0.717) is 0 Å². The quantitative estimate of drug-likeness (QED) is 0.761. The summed E-state index contributed by atoms with van der Waals surface area (Å²) < 4.78 is 7.41. The van der Waals surface area contributed by atoms with Gasteiger partial charge in [-0.3, -0.25) is 0 Å². The topological polar surface area (TPSA) is 29.5 Å². The lowest BCUT2D eigenvalue weighted by Gasteiger charge is -2.45. The molecular formula is C14H25BrO2Si. The van der Waals surface area contributed by atoms with E-state index in [1.54, 1.807) is 0 Å². The van der Waals surface area contributed by atoms with Crippen LogP contribution in [0.2, 0.25) is 18.1 Å². The Bertz CT molecular complexity index is 393. The summed E-state index contributed by atoms with van der Waals surface area (Å²) in [6, 6.07) is 0. The van der Waals surface area contributed by atoms with Gasteiger partial charge in [-0.1, -0.05) is 36.7 Å². The number of aliphatic hydroxyl groups is 1. The molecule has 0 spiro atoms. The number of hydrogen-bond acceptors (Lipinski definition) is 2. The molecule has 1 aliphatic carbocycles. The minimum atomic E-state index is -1.91. The van der Waals surface area contributed by atoms with Gasteiger partial charge in [0.25, 0.3) is 0 Å². The fourth-order valence-corrected chi connectivity index (χ4v) is 3.90. The van der Waals surface area contributed by atoms with Gasteiger partial charge < -0.3 is 9.53 Å². The van der Waals surface area contributed by atoms with Crippen LogP contribution in [-0.2, 0) is 4.43 Å². The molecule has 18 heavy (non-hydrogen) atoms. The molecule has 0 fully saturated rings. The van der Waals surface area contributed by atoms with E-state index in [2.05, 4.69) is 49.8 Å². The Balaban J connectivity index is 3.04. The Morgan fingerprint density at radius 1 is 1.39 bits per heavy atom. The summed E-state index contributed by atoms with van der Waals surface area (Å²) in [5, 5.41) is 10.4. The van der Waals surface area contributed by atoms with Crippen LogP contribution in [0, 0.1) is 0 Å². The molecule has 1 rings (SSSR count). The first-order chi connectivity index (χ1) is 7.89. The van der Waals surface area contributed by atoms with E-state index in [1.165, 1.54) is 0 Å². The van der Waals surface area contributed by atoms with E-state index in [1.807, 2.05) is 26.0 Å². The maximum Gasteiger partial charge on any atom is 0.193 e. The molecule has 0 aromatic carbocycles. The van der Waals surface area contributed by atoms with E-state index in [0.717, 1.165) is 10.1 Å². The van der Waals surface area contributed by atoms with Gasteiger partial charge in [0.15, 0.2) is 8.32 Å². The number of rotatable bonds is 2. The van der Waals surface area contributed by atoms with Crippen LogP contribution in [0.4, 0.5) is 0 Å². The molecule has 4 heteroatoms. The van der Waals surface area contributed by atoms with Gasteiger partial charge in [-0.15, -0.1) is 0 Å². The van der Waals surface area contributed by atoms with E-state index < -0.39 is 20.0 Å². The monoisotopic (exact) mass is 332 g/mol. The zero-order chi connectivity index (χ0) is 14.4. The molecule has 2 nitrogen and oxygen atoms in total. The molecule has 104 valence electrons. The van der Waals surface area contributed by atoms with Crippen LogP contribution in [0.15, 0.2) is 22.2 Å². The minimum Gasteiger partial charge on any atom is -0.405 e. The Hall–Kier alpha value is 0.0969. The SMILES string of the molecule is CC1=CC(O)C(C)(O[Si](C)(C)C(C)(C)C)C=C1Br. The lowest BCUT2D eigenvalue weighted by Crippen LogP contribution is -2.53. The molecule has 2 atom stereocenters. The van der Waals surface area contributed by atoms with Crippen molar-refractivity contribution < 1.29 is 9.53 Å². The second kappa shape index (κ2) is 4.89. The molecule has 0 aromatic rings. The van der Waals surface area contributed by atoms with Gasteiger partial charge in [-0.2, -0.15) is 0 Å². The third-order valence-corrected chi connectivity index (χ3v) is 9.48. The third-order valence-electron chi connectivity index (χ3n) is 4.07. The Morgan fingerprint density at radius 3 is 2.33 bits per heavy atom. The van der Waals surface area contributed by atoms with Crippen molar-refractivity contribution in [1.82, 2.24) is 0 Å². The summed E-state index contributed by atoms with van der Waals surface area (Å²) in [7, 11) is -1.91. The number of aliphatic hydroxyl groups excluding tert-OH is 1. The maximum absolute atomic E-state index is 10.3. The van der Waals surface area contributed by atoms with Crippen LogP contribution in [0.1, 0.15) is 34.6 Å². The van der Waals surface area contributed by atoms with Crippen molar-refractivity contribution in [2.24, 2.45) is 0 Å². The summed E-state index contributed by atoms with van der Waals surface area (Å²) >= 11 is 3.53. The van der Waals surface area contributed by atoms with E-state index in [9.17, 15) is 5.11 Å². The van der Waals surface area contributed by atoms with Crippen LogP contribution in [-0.4, -0.2) is 25.1 Å². The highest BCUT2D eigenvalue weighted by Gasteiger charge is 2.45. The highest BCUT2D eigenvalue weighted by Crippen LogP contribution is 2.42. The largest absolute Gasteiger partial charge is 0.405 e. The third kappa shape index (κ3) is 3.16. The Morgan fingerprint density at radius 2 is 1.89 bits per heavy atom. The lowest BCUT2D eigenvalue weighted by atomic mass is 9.92. The number of hydrogen-bond donors (Lipinski definition) is 1. The summed E-state index contributed by atoms with van der Waals surface area (Å²) in [5.41, 5.74) is 0.417. The normalized spacial score (nSPS) is 29.9. The number of allylic oxidation sites excluding steroid dienone is 2. The van der Waals surface area contributed by atoms with Crippen molar-refractivity contribution in [3.63, 3.8) is 0 Å². The van der Waals surface area contributed by atoms with Crippen LogP contribution < -0.4 is 0 Å². The number of halogens is 1. The maximum atomic E-state index is 10.3. The molecule has 1 aliphatic rings. The van der Waals surface area contributed by atoms with Gasteiger partial charge >= 0.3 is 0 Å². The van der Waals surface area contributed by atoms with E-state index >= 15 is 0 Å². The molecule has 1 N–H and O–H groups in total. The second-order valence-corrected chi connectivity index (χ2v) is 12.4. The summed E-state index contributed by atoms with van der Waals surface area (Å²) in [6.45, 7) is 15.0. The molecule has 0 aliphatic heterocycles. The van der Waals surface area contributed by atoms with E-state index in [4.69, 9.17) is 4.43 Å². The molecule has 0 heterocycles. The first kappa shape index (κ1) is 16.2. The highest BCUT2D eigenvalue weighted by molar-refractivity contribution is 9.12. The van der Waals surface area contributed by atoms with Crippen molar-refractivity contribution in [3.8, 4) is 0 Å². The highest BCUT2D eigenvalue weighted by atomic mass is 79.9. The predicted molar refractivity (Wildman–Crippen MR) is 83.5 cm³/mol. The Kier molecular flexibility index (Phi) is 4.39. The van der Waals surface area contributed by atoms with E-state index in [-0.39, 0.29) is 5.04 Å². The van der Waals surface area contributed by atoms with Gasteiger partial charge in [0, 0.05) is 4.48 Å². The fourth-order valence-electron chi connectivity index (χ4n) is 1.73. The van der Waals surface area contributed by atoms with Crippen molar-refractivity contribution in [2.45, 2.75) is 64.5 Å². The van der Waals surface area contributed by atoms with Gasteiger partial charge in [0.05, 0.1) is 0 Å². The second-order valence-electron chi connectivity index (χ2n) is 6.83. The summed E-state index contributed by atoms with van der Waals surface area (Å²) in [5.74, 6) is 0. The lowest BCUT2D eigenvalue weighted by molar-refractivity contribution is 0.00826. The minimum absolute atomic E-state index is 0.131.